The second kappa shape index (κ2) is 7.58. The van der Waals surface area contributed by atoms with Gasteiger partial charge in [0.15, 0.2) is 0 Å². The second-order valence-corrected chi connectivity index (χ2v) is 8.13. The third kappa shape index (κ3) is 3.72. The van der Waals surface area contributed by atoms with E-state index in [2.05, 4.69) is 31.9 Å². The minimum absolute atomic E-state index is 0.330. The first-order valence-electron chi connectivity index (χ1n) is 8.09. The summed E-state index contributed by atoms with van der Waals surface area (Å²) in [5.41, 5.74) is 3.71. The van der Waals surface area contributed by atoms with E-state index in [1.54, 1.807) is 16.8 Å². The monoisotopic (exact) mass is 504 g/mol. The van der Waals surface area contributed by atoms with E-state index in [0.29, 0.717) is 22.1 Å². The molecule has 0 fully saturated rings. The van der Waals surface area contributed by atoms with E-state index in [0.717, 1.165) is 20.1 Å². The fourth-order valence-electron chi connectivity index (χ4n) is 2.90. The number of hydrogen-bond donors (Lipinski definition) is 0. The first-order chi connectivity index (χ1) is 13.0. The van der Waals surface area contributed by atoms with Crippen LogP contribution >= 0.6 is 43.5 Å². The van der Waals surface area contributed by atoms with E-state index in [-0.39, 0.29) is 5.82 Å². The first kappa shape index (κ1) is 18.4. The molecule has 0 aliphatic rings. The van der Waals surface area contributed by atoms with Crippen LogP contribution in [0.2, 0.25) is 5.02 Å². The second-order valence-electron chi connectivity index (χ2n) is 5.92. The van der Waals surface area contributed by atoms with Gasteiger partial charge in [-0.05, 0) is 42.5 Å². The van der Waals surface area contributed by atoms with Crippen molar-refractivity contribution in [3.8, 4) is 28.2 Å². The van der Waals surface area contributed by atoms with E-state index in [1.165, 1.54) is 12.1 Å². The maximum absolute atomic E-state index is 13.8. The molecule has 0 bridgehead atoms. The molecule has 0 unspecified atom stereocenters. The molecule has 0 radical (unpaired) electrons. The van der Waals surface area contributed by atoms with Crippen LogP contribution in [0.25, 0.3) is 28.2 Å². The van der Waals surface area contributed by atoms with Gasteiger partial charge in [-0.15, -0.1) is 0 Å². The lowest BCUT2D eigenvalue weighted by Gasteiger charge is -2.08. The lowest BCUT2D eigenvalue weighted by molar-refractivity contribution is 0.625. The van der Waals surface area contributed by atoms with Crippen LogP contribution in [0, 0.1) is 5.82 Å². The molecular weight excluding hydrogens is 495 g/mol. The summed E-state index contributed by atoms with van der Waals surface area (Å²) in [6.07, 6.45) is 0. The summed E-state index contributed by atoms with van der Waals surface area (Å²) in [6, 6.07) is 21.9. The van der Waals surface area contributed by atoms with Gasteiger partial charge in [-0.1, -0.05) is 73.8 Å². The van der Waals surface area contributed by atoms with Crippen LogP contribution in [-0.2, 0) is 0 Å². The van der Waals surface area contributed by atoms with Gasteiger partial charge in [-0.2, -0.15) is 5.10 Å². The van der Waals surface area contributed by atoms with Gasteiger partial charge in [0.25, 0.3) is 0 Å². The predicted octanol–water partition coefficient (Wildman–Crippen LogP) is 7.52. The Balaban J connectivity index is 2.00. The molecule has 134 valence electrons. The van der Waals surface area contributed by atoms with Gasteiger partial charge >= 0.3 is 0 Å². The molecule has 0 spiro atoms. The molecule has 0 N–H and O–H groups in total. The Bertz CT molecular complexity index is 1140. The predicted molar refractivity (Wildman–Crippen MR) is 115 cm³/mol. The zero-order valence-electron chi connectivity index (χ0n) is 13.8. The van der Waals surface area contributed by atoms with Gasteiger partial charge in [-0.3, -0.25) is 0 Å². The normalized spacial score (nSPS) is 11.0. The molecule has 0 atom stereocenters. The van der Waals surface area contributed by atoms with E-state index in [1.807, 2.05) is 48.5 Å². The molecule has 6 heteroatoms. The highest BCUT2D eigenvalue weighted by Crippen LogP contribution is 2.39. The van der Waals surface area contributed by atoms with Crippen molar-refractivity contribution in [2.75, 3.05) is 0 Å². The van der Waals surface area contributed by atoms with Crippen molar-refractivity contribution in [1.82, 2.24) is 9.78 Å². The van der Waals surface area contributed by atoms with Crippen molar-refractivity contribution >= 4 is 43.5 Å². The Morgan fingerprint density at radius 1 is 0.815 bits per heavy atom. The molecule has 0 aliphatic heterocycles. The summed E-state index contributed by atoms with van der Waals surface area (Å²) in [7, 11) is 0. The lowest BCUT2D eigenvalue weighted by atomic mass is 10.1. The quantitative estimate of drug-likeness (QED) is 0.281. The molecular formula is C21H12Br2ClFN2. The highest BCUT2D eigenvalue weighted by molar-refractivity contribution is 9.10. The molecule has 4 rings (SSSR count). The number of halogens is 4. The molecule has 2 nitrogen and oxygen atoms in total. The smallest absolute Gasteiger partial charge is 0.125 e. The van der Waals surface area contributed by atoms with Gasteiger partial charge in [-0.25, -0.2) is 9.07 Å². The van der Waals surface area contributed by atoms with Crippen LogP contribution in [0.4, 0.5) is 4.39 Å². The van der Waals surface area contributed by atoms with Gasteiger partial charge < -0.3 is 0 Å². The van der Waals surface area contributed by atoms with Gasteiger partial charge in [0.05, 0.1) is 16.4 Å². The van der Waals surface area contributed by atoms with Crippen LogP contribution in [-0.4, -0.2) is 9.78 Å². The van der Waals surface area contributed by atoms with Gasteiger partial charge in [0.1, 0.15) is 11.5 Å². The highest BCUT2D eigenvalue weighted by atomic mass is 79.9. The standard InChI is InChI=1S/C21H12Br2ClFN2/c22-15-6-1-4-13(10-15)20-19(24)21(14-5-2-7-16(23)11-14)27(26-20)18-9-3-8-17(25)12-18/h1-12H. The van der Waals surface area contributed by atoms with Gasteiger partial charge in [0, 0.05) is 20.1 Å². The van der Waals surface area contributed by atoms with Crippen LogP contribution in [0.15, 0.2) is 81.7 Å². The van der Waals surface area contributed by atoms with Crippen molar-refractivity contribution in [2.45, 2.75) is 0 Å². The van der Waals surface area contributed by atoms with Gasteiger partial charge in [0.2, 0.25) is 0 Å². The SMILES string of the molecule is Fc1cccc(-n2nc(-c3cccc(Br)c3)c(Cl)c2-c2cccc(Br)c2)c1. The molecule has 0 amide bonds. The molecule has 1 aromatic heterocycles. The summed E-state index contributed by atoms with van der Waals surface area (Å²) >= 11 is 13.8. The first-order valence-corrected chi connectivity index (χ1v) is 10.1. The number of nitrogens with zero attached hydrogens (tertiary/aromatic N) is 2. The summed E-state index contributed by atoms with van der Waals surface area (Å²) in [6.45, 7) is 0. The molecule has 0 saturated carbocycles. The molecule has 4 aromatic rings. The Morgan fingerprint density at radius 2 is 1.44 bits per heavy atom. The minimum atomic E-state index is -0.330. The molecule has 1 heterocycles. The average molecular weight is 507 g/mol. The van der Waals surface area contributed by atoms with Crippen LogP contribution in [0.5, 0.6) is 0 Å². The highest BCUT2D eigenvalue weighted by Gasteiger charge is 2.21. The van der Waals surface area contributed by atoms with E-state index >= 15 is 0 Å². The van der Waals surface area contributed by atoms with Crippen molar-refractivity contribution in [1.29, 1.82) is 0 Å². The van der Waals surface area contributed by atoms with Crippen molar-refractivity contribution in [3.05, 3.63) is 92.6 Å². The zero-order valence-corrected chi connectivity index (χ0v) is 17.8. The summed E-state index contributed by atoms with van der Waals surface area (Å²) in [5.74, 6) is -0.330. The average Bonchev–Trinajstić information content (AvgIpc) is 2.99. The molecule has 0 saturated heterocycles. The lowest BCUT2D eigenvalue weighted by Crippen LogP contribution is -2.00. The molecule has 0 aliphatic carbocycles. The minimum Gasteiger partial charge on any atom is -0.231 e. The Labute approximate surface area is 177 Å². The zero-order chi connectivity index (χ0) is 19.0. The third-order valence-electron chi connectivity index (χ3n) is 4.08. The van der Waals surface area contributed by atoms with Crippen LogP contribution in [0.1, 0.15) is 0 Å². The van der Waals surface area contributed by atoms with E-state index in [4.69, 9.17) is 16.7 Å². The summed E-state index contributed by atoms with van der Waals surface area (Å²) in [4.78, 5) is 0. The molecule has 3 aromatic carbocycles. The summed E-state index contributed by atoms with van der Waals surface area (Å²) in [5, 5.41) is 5.23. The topological polar surface area (TPSA) is 17.8 Å². The number of hydrogen-bond acceptors (Lipinski definition) is 1. The van der Waals surface area contributed by atoms with Crippen molar-refractivity contribution < 1.29 is 4.39 Å². The molecule has 27 heavy (non-hydrogen) atoms. The van der Waals surface area contributed by atoms with Crippen LogP contribution in [0.3, 0.4) is 0 Å². The largest absolute Gasteiger partial charge is 0.231 e. The number of benzene rings is 3. The maximum atomic E-state index is 13.8. The summed E-state index contributed by atoms with van der Waals surface area (Å²) < 4.78 is 17.4. The van der Waals surface area contributed by atoms with Crippen molar-refractivity contribution in [2.24, 2.45) is 0 Å². The third-order valence-corrected chi connectivity index (χ3v) is 5.42. The number of aromatic nitrogens is 2. The van der Waals surface area contributed by atoms with E-state index in [9.17, 15) is 4.39 Å². The Morgan fingerprint density at radius 3 is 2.11 bits per heavy atom. The van der Waals surface area contributed by atoms with Crippen LogP contribution < -0.4 is 0 Å². The van der Waals surface area contributed by atoms with Crippen molar-refractivity contribution in [3.63, 3.8) is 0 Å². The fourth-order valence-corrected chi connectivity index (χ4v) is 4.03. The fraction of sp³-hybridized carbons (Fsp3) is 0. The van der Waals surface area contributed by atoms with E-state index < -0.39 is 0 Å². The Kier molecular flexibility index (Phi) is 5.17. The number of rotatable bonds is 3. The maximum Gasteiger partial charge on any atom is 0.125 e. The Hall–Kier alpha value is -1.95.